The Morgan fingerprint density at radius 2 is 1.96 bits per heavy atom. The third kappa shape index (κ3) is 5.63. The van der Waals surface area contributed by atoms with E-state index < -0.39 is 0 Å². The maximum absolute atomic E-state index is 13.3. The molecule has 0 aliphatic carbocycles. The van der Waals surface area contributed by atoms with Crippen LogP contribution in [0.25, 0.3) is 0 Å². The van der Waals surface area contributed by atoms with Gasteiger partial charge in [0.1, 0.15) is 30.7 Å². The van der Waals surface area contributed by atoms with Crippen molar-refractivity contribution >= 4 is 23.0 Å². The third-order valence-electron chi connectivity index (χ3n) is 4.69. The minimum absolute atomic E-state index is 0.166. The second-order valence-electron chi connectivity index (χ2n) is 6.44. The van der Waals surface area contributed by atoms with E-state index in [1.807, 2.05) is 36.4 Å². The molecule has 0 radical (unpaired) electrons. The average molecular weight is 391 g/mol. The van der Waals surface area contributed by atoms with E-state index in [-0.39, 0.29) is 11.9 Å². The van der Waals surface area contributed by atoms with Gasteiger partial charge in [-0.05, 0) is 36.5 Å². The number of morpholine rings is 1. The van der Waals surface area contributed by atoms with Crippen LogP contribution in [0.3, 0.4) is 0 Å². The Hall–Kier alpha value is -2.22. The molecule has 144 valence electrons. The molecule has 7 heteroatoms. The largest absolute Gasteiger partial charge is 0.497 e. The fourth-order valence-corrected chi connectivity index (χ4v) is 3.45. The summed E-state index contributed by atoms with van der Waals surface area (Å²) >= 11 is 5.45. The fourth-order valence-electron chi connectivity index (χ4n) is 3.25. The van der Waals surface area contributed by atoms with Crippen molar-refractivity contribution in [2.75, 3.05) is 45.3 Å². The van der Waals surface area contributed by atoms with Crippen molar-refractivity contribution in [1.29, 1.82) is 0 Å². The molecule has 1 saturated heterocycles. The number of methoxy groups -OCH3 is 1. The van der Waals surface area contributed by atoms with Crippen LogP contribution in [-0.4, -0.2) is 45.1 Å². The smallest absolute Gasteiger partial charge is 0.171 e. The van der Waals surface area contributed by atoms with Gasteiger partial charge < -0.3 is 25.0 Å². The summed E-state index contributed by atoms with van der Waals surface area (Å²) in [6, 6.07) is 14.5. The lowest BCUT2D eigenvalue weighted by molar-refractivity contribution is -0.937. The second kappa shape index (κ2) is 9.64. The number of ether oxygens (including phenoxy) is 2. The van der Waals surface area contributed by atoms with E-state index in [1.54, 1.807) is 7.11 Å². The minimum Gasteiger partial charge on any atom is -0.497 e. The molecule has 1 heterocycles. The van der Waals surface area contributed by atoms with Crippen molar-refractivity contribution in [2.24, 2.45) is 0 Å². The van der Waals surface area contributed by atoms with E-state index in [2.05, 4.69) is 10.6 Å². The summed E-state index contributed by atoms with van der Waals surface area (Å²) in [6.07, 6.45) is 0. The molecule has 1 aliphatic heterocycles. The van der Waals surface area contributed by atoms with Gasteiger partial charge in [0.25, 0.3) is 0 Å². The van der Waals surface area contributed by atoms with Gasteiger partial charge in [-0.25, -0.2) is 4.39 Å². The van der Waals surface area contributed by atoms with E-state index in [4.69, 9.17) is 21.7 Å². The van der Waals surface area contributed by atoms with Gasteiger partial charge in [-0.2, -0.15) is 0 Å². The molecule has 0 saturated carbocycles. The van der Waals surface area contributed by atoms with Crippen LogP contribution in [0.2, 0.25) is 0 Å². The predicted molar refractivity (Wildman–Crippen MR) is 108 cm³/mol. The van der Waals surface area contributed by atoms with Gasteiger partial charge in [0, 0.05) is 17.3 Å². The number of quaternary nitrogens is 1. The van der Waals surface area contributed by atoms with Crippen LogP contribution in [0.4, 0.5) is 10.1 Å². The Morgan fingerprint density at radius 3 is 2.67 bits per heavy atom. The first-order chi connectivity index (χ1) is 13.2. The molecule has 3 rings (SSSR count). The third-order valence-corrected chi connectivity index (χ3v) is 4.94. The quantitative estimate of drug-likeness (QED) is 0.657. The van der Waals surface area contributed by atoms with Crippen LogP contribution >= 0.6 is 12.2 Å². The lowest BCUT2D eigenvalue weighted by atomic mass is 10.0. The second-order valence-corrected chi connectivity index (χ2v) is 6.85. The summed E-state index contributed by atoms with van der Waals surface area (Å²) in [4.78, 5) is 1.41. The summed E-state index contributed by atoms with van der Waals surface area (Å²) in [5, 5.41) is 7.03. The molecule has 27 heavy (non-hydrogen) atoms. The lowest BCUT2D eigenvalue weighted by Gasteiger charge is -2.32. The predicted octanol–water partition coefficient (Wildman–Crippen LogP) is 1.78. The standard InChI is InChI=1S/C20H24FN3O2S/c1-25-18-4-2-3-17(13-18)23-20(27)22-14-19(24-9-11-26-12-10-24)15-5-7-16(21)8-6-15/h2-8,13,19H,9-12,14H2,1H3,(H2,22,23,27)/p+1/t19-/m1/s1. The van der Waals surface area contributed by atoms with Crippen LogP contribution in [0.5, 0.6) is 5.75 Å². The van der Waals surface area contributed by atoms with Crippen LogP contribution in [0, 0.1) is 5.82 Å². The van der Waals surface area contributed by atoms with Gasteiger partial charge in [0.15, 0.2) is 5.11 Å². The maximum atomic E-state index is 13.3. The minimum atomic E-state index is -0.224. The average Bonchev–Trinajstić information content (AvgIpc) is 2.70. The highest BCUT2D eigenvalue weighted by atomic mass is 32.1. The van der Waals surface area contributed by atoms with Crippen molar-refractivity contribution in [1.82, 2.24) is 5.32 Å². The van der Waals surface area contributed by atoms with Gasteiger partial charge >= 0.3 is 0 Å². The number of benzene rings is 2. The zero-order valence-electron chi connectivity index (χ0n) is 15.3. The number of hydrogen-bond acceptors (Lipinski definition) is 3. The Morgan fingerprint density at radius 1 is 1.22 bits per heavy atom. The zero-order chi connectivity index (χ0) is 19.1. The van der Waals surface area contributed by atoms with Crippen LogP contribution in [0.15, 0.2) is 48.5 Å². The lowest BCUT2D eigenvalue weighted by Crippen LogP contribution is -3.15. The molecular formula is C20H25FN3O2S+. The topological polar surface area (TPSA) is 47.0 Å². The fraction of sp³-hybridized carbons (Fsp3) is 0.350. The number of anilines is 1. The Balaban J connectivity index is 1.64. The van der Waals surface area contributed by atoms with E-state index >= 15 is 0 Å². The molecule has 0 unspecified atom stereocenters. The van der Waals surface area contributed by atoms with Crippen molar-refractivity contribution in [3.8, 4) is 5.75 Å². The molecule has 1 aliphatic rings. The zero-order valence-corrected chi connectivity index (χ0v) is 16.2. The van der Waals surface area contributed by atoms with E-state index in [0.29, 0.717) is 11.7 Å². The van der Waals surface area contributed by atoms with E-state index in [1.165, 1.54) is 17.0 Å². The Bertz CT molecular complexity index is 751. The van der Waals surface area contributed by atoms with Crippen molar-refractivity contribution < 1.29 is 18.8 Å². The van der Waals surface area contributed by atoms with Gasteiger partial charge in [0.2, 0.25) is 0 Å². The van der Waals surface area contributed by atoms with Crippen LogP contribution in [0.1, 0.15) is 11.6 Å². The SMILES string of the molecule is COc1cccc(NC(=S)NC[C@H](c2ccc(F)cc2)[NH+]2CCOCC2)c1. The molecule has 0 amide bonds. The monoisotopic (exact) mass is 390 g/mol. The number of thiocarbonyl (C=S) groups is 1. The molecule has 0 spiro atoms. The van der Waals surface area contributed by atoms with Crippen molar-refractivity contribution in [3.63, 3.8) is 0 Å². The number of nitrogens with one attached hydrogen (secondary N) is 3. The van der Waals surface area contributed by atoms with Gasteiger partial charge in [-0.1, -0.05) is 18.2 Å². The van der Waals surface area contributed by atoms with E-state index in [0.717, 1.165) is 43.3 Å². The summed E-state index contributed by atoms with van der Waals surface area (Å²) in [5.74, 6) is 0.544. The summed E-state index contributed by atoms with van der Waals surface area (Å²) in [5.41, 5.74) is 1.95. The highest BCUT2D eigenvalue weighted by Gasteiger charge is 2.26. The summed E-state index contributed by atoms with van der Waals surface area (Å²) < 4.78 is 24.0. The highest BCUT2D eigenvalue weighted by Crippen LogP contribution is 2.16. The number of rotatable bonds is 6. The maximum Gasteiger partial charge on any atom is 0.171 e. The first-order valence-corrected chi connectivity index (χ1v) is 9.43. The molecule has 3 N–H and O–H groups in total. The molecule has 1 fully saturated rings. The molecule has 0 aromatic heterocycles. The number of halogens is 1. The first kappa shape index (κ1) is 19.5. The van der Waals surface area contributed by atoms with Crippen LogP contribution in [-0.2, 0) is 4.74 Å². The van der Waals surface area contributed by atoms with Gasteiger partial charge in [-0.15, -0.1) is 0 Å². The molecular weight excluding hydrogens is 365 g/mol. The summed E-state index contributed by atoms with van der Waals surface area (Å²) in [6.45, 7) is 3.95. The Kier molecular flexibility index (Phi) is 6.98. The molecule has 2 aromatic rings. The van der Waals surface area contributed by atoms with E-state index in [9.17, 15) is 4.39 Å². The van der Waals surface area contributed by atoms with Crippen molar-refractivity contribution in [2.45, 2.75) is 6.04 Å². The first-order valence-electron chi connectivity index (χ1n) is 9.02. The highest BCUT2D eigenvalue weighted by molar-refractivity contribution is 7.80. The van der Waals surface area contributed by atoms with Gasteiger partial charge in [0.05, 0.1) is 26.9 Å². The van der Waals surface area contributed by atoms with Crippen molar-refractivity contribution in [3.05, 3.63) is 59.9 Å². The molecule has 5 nitrogen and oxygen atoms in total. The van der Waals surface area contributed by atoms with Gasteiger partial charge in [-0.3, -0.25) is 0 Å². The normalized spacial score (nSPS) is 15.8. The Labute approximate surface area is 164 Å². The van der Waals surface area contributed by atoms with Crippen LogP contribution < -0.4 is 20.3 Å². The summed E-state index contributed by atoms with van der Waals surface area (Å²) in [7, 11) is 1.63. The molecule has 0 bridgehead atoms. The molecule has 1 atom stereocenters. The molecule has 2 aromatic carbocycles. The number of hydrogen-bond donors (Lipinski definition) is 3.